The number of likely N-dealkylation sites (tertiary alicyclic amines) is 1. The molecule has 0 aromatic rings. The van der Waals surface area contributed by atoms with E-state index in [1.54, 1.807) is 0 Å². The Balaban J connectivity index is 2.45. The lowest BCUT2D eigenvalue weighted by molar-refractivity contribution is -0.00366. The highest BCUT2D eigenvalue weighted by molar-refractivity contribution is 4.86. The highest BCUT2D eigenvalue weighted by Crippen LogP contribution is 2.28. The molecule has 4 heteroatoms. The van der Waals surface area contributed by atoms with Gasteiger partial charge in [-0.05, 0) is 33.9 Å². The van der Waals surface area contributed by atoms with Gasteiger partial charge in [-0.2, -0.15) is 0 Å². The maximum absolute atomic E-state index is 12.6. The second-order valence-electron chi connectivity index (χ2n) is 4.22. The molecule has 0 unspecified atom stereocenters. The molecule has 0 N–H and O–H groups in total. The van der Waals surface area contributed by atoms with Crippen LogP contribution in [0.1, 0.15) is 20.3 Å². The first-order chi connectivity index (χ1) is 6.52. The van der Waals surface area contributed by atoms with Crippen LogP contribution in [-0.4, -0.2) is 43.7 Å². The molecule has 2 nitrogen and oxygen atoms in total. The van der Waals surface area contributed by atoms with Gasteiger partial charge < -0.3 is 9.64 Å². The van der Waals surface area contributed by atoms with Gasteiger partial charge in [0.1, 0.15) is 0 Å². The summed E-state index contributed by atoms with van der Waals surface area (Å²) in [5.74, 6) is -0.515. The van der Waals surface area contributed by atoms with Crippen molar-refractivity contribution in [1.29, 1.82) is 0 Å². The van der Waals surface area contributed by atoms with Crippen LogP contribution in [0, 0.1) is 5.92 Å². The second kappa shape index (κ2) is 5.03. The molecule has 1 aliphatic heterocycles. The third-order valence-electron chi connectivity index (χ3n) is 2.80. The molecule has 0 amide bonds. The molecular weight excluding hydrogens is 188 g/mol. The Morgan fingerprint density at radius 1 is 1.43 bits per heavy atom. The smallest absolute Gasteiger partial charge is 0.243 e. The van der Waals surface area contributed by atoms with Crippen molar-refractivity contribution in [1.82, 2.24) is 4.90 Å². The lowest BCUT2D eigenvalue weighted by Gasteiger charge is -2.25. The molecule has 0 spiro atoms. The number of rotatable bonds is 4. The van der Waals surface area contributed by atoms with Crippen molar-refractivity contribution in [2.45, 2.75) is 38.8 Å². The predicted molar refractivity (Wildman–Crippen MR) is 51.6 cm³/mol. The average molecular weight is 207 g/mol. The van der Waals surface area contributed by atoms with Crippen LogP contribution < -0.4 is 0 Å². The van der Waals surface area contributed by atoms with E-state index in [0.717, 1.165) is 6.54 Å². The summed E-state index contributed by atoms with van der Waals surface area (Å²) in [6, 6.07) is -0.114. The minimum absolute atomic E-state index is 0.113. The van der Waals surface area contributed by atoms with Crippen molar-refractivity contribution in [2.24, 2.45) is 5.92 Å². The van der Waals surface area contributed by atoms with E-state index in [0.29, 0.717) is 13.0 Å². The van der Waals surface area contributed by atoms with Crippen molar-refractivity contribution in [3.05, 3.63) is 0 Å². The summed E-state index contributed by atoms with van der Waals surface area (Å²) in [6.07, 6.45) is -1.52. The van der Waals surface area contributed by atoms with Crippen molar-refractivity contribution >= 4 is 0 Å². The number of hydrogen-bond donors (Lipinski definition) is 0. The molecular formula is C10H19F2NO. The fourth-order valence-electron chi connectivity index (χ4n) is 1.87. The number of ether oxygens (including phenoxy) is 1. The Kier molecular flexibility index (Phi) is 4.26. The molecule has 14 heavy (non-hydrogen) atoms. The van der Waals surface area contributed by atoms with Crippen LogP contribution in [0.3, 0.4) is 0 Å². The van der Waals surface area contributed by atoms with Crippen LogP contribution in [0.4, 0.5) is 8.78 Å². The van der Waals surface area contributed by atoms with E-state index < -0.39 is 12.3 Å². The first-order valence-electron chi connectivity index (χ1n) is 5.12. The van der Waals surface area contributed by atoms with E-state index in [1.165, 1.54) is 0 Å². The lowest BCUT2D eigenvalue weighted by atomic mass is 10.0. The van der Waals surface area contributed by atoms with Gasteiger partial charge in [-0.3, -0.25) is 0 Å². The lowest BCUT2D eigenvalue weighted by Crippen LogP contribution is -2.37. The fraction of sp³-hybridized carbons (Fsp3) is 1.00. The molecule has 1 aliphatic rings. The van der Waals surface area contributed by atoms with Gasteiger partial charge in [0.2, 0.25) is 6.43 Å². The minimum Gasteiger partial charge on any atom is -0.377 e. The van der Waals surface area contributed by atoms with Crippen molar-refractivity contribution in [3.8, 4) is 0 Å². The van der Waals surface area contributed by atoms with Gasteiger partial charge in [0, 0.05) is 12.0 Å². The Morgan fingerprint density at radius 3 is 2.57 bits per heavy atom. The summed E-state index contributed by atoms with van der Waals surface area (Å²) >= 11 is 0. The van der Waals surface area contributed by atoms with Crippen molar-refractivity contribution < 1.29 is 13.5 Å². The van der Waals surface area contributed by atoms with Gasteiger partial charge >= 0.3 is 0 Å². The van der Waals surface area contributed by atoms with Gasteiger partial charge in [0.15, 0.2) is 0 Å². The molecule has 0 aromatic carbocycles. The van der Waals surface area contributed by atoms with Crippen LogP contribution in [0.5, 0.6) is 0 Å². The zero-order valence-electron chi connectivity index (χ0n) is 9.04. The summed E-state index contributed by atoms with van der Waals surface area (Å²) < 4.78 is 30.6. The minimum atomic E-state index is -2.22. The molecule has 1 heterocycles. The number of halogens is 2. The Hall–Kier alpha value is -0.220. The number of nitrogens with zero attached hydrogens (tertiary/aromatic N) is 1. The highest BCUT2D eigenvalue weighted by atomic mass is 19.3. The van der Waals surface area contributed by atoms with E-state index in [-0.39, 0.29) is 12.1 Å². The summed E-state index contributed by atoms with van der Waals surface area (Å²) in [6.45, 7) is 5.02. The zero-order valence-corrected chi connectivity index (χ0v) is 9.04. The standard InChI is InChI=1S/C10H19F2NO/c1-7(2)14-6-9-8(10(11)12)4-5-13(9)3/h7-10H,4-6H2,1-3H3/t8-,9+/m0/s1. The average Bonchev–Trinajstić information content (AvgIpc) is 2.43. The predicted octanol–water partition coefficient (Wildman–Crippen LogP) is 2.00. The van der Waals surface area contributed by atoms with E-state index in [2.05, 4.69) is 0 Å². The maximum atomic E-state index is 12.6. The molecule has 0 bridgehead atoms. The van der Waals surface area contributed by atoms with E-state index in [1.807, 2.05) is 25.8 Å². The van der Waals surface area contributed by atoms with Crippen molar-refractivity contribution in [3.63, 3.8) is 0 Å². The zero-order chi connectivity index (χ0) is 10.7. The first kappa shape index (κ1) is 11.9. The van der Waals surface area contributed by atoms with Crippen LogP contribution in [0.2, 0.25) is 0 Å². The fourth-order valence-corrected chi connectivity index (χ4v) is 1.87. The Morgan fingerprint density at radius 2 is 2.07 bits per heavy atom. The van der Waals surface area contributed by atoms with Crippen molar-refractivity contribution in [2.75, 3.05) is 20.2 Å². The van der Waals surface area contributed by atoms with Gasteiger partial charge in [0.25, 0.3) is 0 Å². The molecule has 0 aliphatic carbocycles. The first-order valence-corrected chi connectivity index (χ1v) is 5.12. The number of hydrogen-bond acceptors (Lipinski definition) is 2. The Bertz CT molecular complexity index is 176. The molecule has 1 rings (SSSR count). The highest BCUT2D eigenvalue weighted by Gasteiger charge is 2.37. The molecule has 1 saturated heterocycles. The molecule has 0 saturated carbocycles. The molecule has 84 valence electrons. The third kappa shape index (κ3) is 2.89. The van der Waals surface area contributed by atoms with Crippen LogP contribution in [0.25, 0.3) is 0 Å². The molecule has 1 fully saturated rings. The van der Waals surface area contributed by atoms with Gasteiger partial charge in [0.05, 0.1) is 12.7 Å². The Labute approximate surface area is 84.2 Å². The normalized spacial score (nSPS) is 29.4. The number of likely N-dealkylation sites (N-methyl/N-ethyl adjacent to an activating group) is 1. The van der Waals surface area contributed by atoms with Gasteiger partial charge in [-0.1, -0.05) is 0 Å². The largest absolute Gasteiger partial charge is 0.377 e. The summed E-state index contributed by atoms with van der Waals surface area (Å²) in [7, 11) is 1.89. The maximum Gasteiger partial charge on any atom is 0.243 e. The van der Waals surface area contributed by atoms with Gasteiger partial charge in [-0.25, -0.2) is 8.78 Å². The summed E-state index contributed by atoms with van der Waals surface area (Å²) in [4.78, 5) is 1.97. The molecule has 2 atom stereocenters. The number of alkyl halides is 2. The third-order valence-corrected chi connectivity index (χ3v) is 2.80. The topological polar surface area (TPSA) is 12.5 Å². The van der Waals surface area contributed by atoms with Gasteiger partial charge in [-0.15, -0.1) is 0 Å². The van der Waals surface area contributed by atoms with E-state index in [9.17, 15) is 8.78 Å². The van der Waals surface area contributed by atoms with E-state index in [4.69, 9.17) is 4.74 Å². The summed E-state index contributed by atoms with van der Waals surface area (Å²) in [5, 5.41) is 0. The molecule has 0 radical (unpaired) electrons. The monoisotopic (exact) mass is 207 g/mol. The van der Waals surface area contributed by atoms with Crippen LogP contribution in [-0.2, 0) is 4.74 Å². The van der Waals surface area contributed by atoms with E-state index >= 15 is 0 Å². The van der Waals surface area contributed by atoms with Crippen LogP contribution >= 0.6 is 0 Å². The SMILES string of the molecule is CC(C)OC[C@@H]1[C@@H](C(F)F)CCN1C. The molecule has 0 aromatic heterocycles. The quantitative estimate of drug-likeness (QED) is 0.699. The summed E-state index contributed by atoms with van der Waals surface area (Å²) in [5.41, 5.74) is 0. The van der Waals surface area contributed by atoms with Crippen LogP contribution in [0.15, 0.2) is 0 Å². The second-order valence-corrected chi connectivity index (χ2v) is 4.22.